The number of aliphatic imine (C=N–C) groups is 1. The van der Waals surface area contributed by atoms with Gasteiger partial charge in [0.15, 0.2) is 0 Å². The van der Waals surface area contributed by atoms with Gasteiger partial charge in [-0.25, -0.2) is 13.9 Å². The molecule has 1 aromatic heterocycles. The van der Waals surface area contributed by atoms with E-state index in [-0.39, 0.29) is 11.9 Å². The number of nitrogens with one attached hydrogen (secondary N) is 1. The van der Waals surface area contributed by atoms with Crippen LogP contribution in [0, 0.1) is 6.92 Å². The number of hydrogen-bond acceptors (Lipinski definition) is 6. The maximum Gasteiger partial charge on any atom is 0.401 e. The highest BCUT2D eigenvalue weighted by atomic mass is 16.5. The Hall–Kier alpha value is -3.56. The minimum atomic E-state index is -0.596. The number of anilines is 1. The van der Waals surface area contributed by atoms with E-state index in [9.17, 15) is 9.59 Å². The van der Waals surface area contributed by atoms with Crippen LogP contribution in [0.5, 0.6) is 11.5 Å². The van der Waals surface area contributed by atoms with E-state index >= 15 is 0 Å². The molecule has 31 heavy (non-hydrogen) atoms. The first-order valence-corrected chi connectivity index (χ1v) is 10.1. The van der Waals surface area contributed by atoms with E-state index in [2.05, 4.69) is 14.9 Å². The van der Waals surface area contributed by atoms with Crippen LogP contribution >= 0.6 is 0 Å². The maximum atomic E-state index is 12.7. The molecule has 2 aliphatic heterocycles. The molecule has 1 atom stereocenters. The number of ether oxygens (including phenoxy) is 2. The first-order chi connectivity index (χ1) is 14.9. The minimum absolute atomic E-state index is 0.269. The Kier molecular flexibility index (Phi) is 5.30. The molecule has 1 fully saturated rings. The number of carbonyl (C=O) groups is 2. The van der Waals surface area contributed by atoms with Gasteiger partial charge in [-0.1, -0.05) is 4.99 Å². The molecule has 0 radical (unpaired) electrons. The van der Waals surface area contributed by atoms with Crippen LogP contribution < -0.4 is 19.4 Å². The number of amidine groups is 1. The van der Waals surface area contributed by atoms with Gasteiger partial charge in [-0.15, -0.1) is 0 Å². The van der Waals surface area contributed by atoms with Gasteiger partial charge < -0.3 is 14.8 Å². The van der Waals surface area contributed by atoms with E-state index in [1.807, 2.05) is 35.9 Å². The van der Waals surface area contributed by atoms with Crippen LogP contribution in [0.25, 0.3) is 0 Å². The highest BCUT2D eigenvalue weighted by Crippen LogP contribution is 2.30. The number of benzene rings is 1. The fraction of sp³-hybridized carbons (Fsp3) is 0.429. The van der Waals surface area contributed by atoms with Crippen molar-refractivity contribution in [2.45, 2.75) is 25.9 Å². The van der Waals surface area contributed by atoms with Crippen LogP contribution in [0.3, 0.4) is 0 Å². The third kappa shape index (κ3) is 3.37. The average molecular weight is 427 g/mol. The Balaban J connectivity index is 1.49. The SMILES string of the molecule is COc1ccc(OC)c(NCCCn2c(C)c[n+]3c2N=C2C3C(=O)N(C)C(=O)N2C)c1. The summed E-state index contributed by atoms with van der Waals surface area (Å²) in [6.07, 6.45) is 2.74. The first-order valence-electron chi connectivity index (χ1n) is 10.1. The van der Waals surface area contributed by atoms with Crippen molar-refractivity contribution >= 4 is 29.4 Å². The topological polar surface area (TPSA) is 92.3 Å². The van der Waals surface area contributed by atoms with Gasteiger partial charge in [-0.05, 0) is 25.5 Å². The summed E-state index contributed by atoms with van der Waals surface area (Å²) in [6, 6.07) is 4.66. The van der Waals surface area contributed by atoms with E-state index < -0.39 is 6.04 Å². The first kappa shape index (κ1) is 20.7. The highest BCUT2D eigenvalue weighted by molar-refractivity contribution is 6.18. The van der Waals surface area contributed by atoms with E-state index in [0.29, 0.717) is 24.9 Å². The predicted octanol–water partition coefficient (Wildman–Crippen LogP) is 1.71. The molecule has 1 saturated heterocycles. The number of rotatable bonds is 7. The van der Waals surface area contributed by atoms with Crippen molar-refractivity contribution in [3.05, 3.63) is 30.1 Å². The summed E-state index contributed by atoms with van der Waals surface area (Å²) in [5, 5.41) is 3.39. The molecule has 0 aliphatic carbocycles. The smallest absolute Gasteiger partial charge is 0.401 e. The summed E-state index contributed by atoms with van der Waals surface area (Å²) < 4.78 is 14.6. The van der Waals surface area contributed by atoms with Crippen LogP contribution in [0.4, 0.5) is 16.4 Å². The summed E-state index contributed by atoms with van der Waals surface area (Å²) in [4.78, 5) is 32.2. The average Bonchev–Trinajstić information content (AvgIpc) is 3.28. The zero-order valence-corrected chi connectivity index (χ0v) is 18.4. The number of aryl methyl sites for hydroxylation is 1. The van der Waals surface area contributed by atoms with Gasteiger partial charge in [0.05, 0.1) is 26.5 Å². The highest BCUT2D eigenvalue weighted by Gasteiger charge is 2.52. The van der Waals surface area contributed by atoms with Crippen LogP contribution in [0.2, 0.25) is 0 Å². The Morgan fingerprint density at radius 2 is 1.94 bits per heavy atom. The molecule has 1 unspecified atom stereocenters. The normalized spacial score (nSPS) is 17.5. The Morgan fingerprint density at radius 3 is 2.65 bits per heavy atom. The summed E-state index contributed by atoms with van der Waals surface area (Å²) in [6.45, 7) is 3.41. The number of imide groups is 1. The molecule has 3 heterocycles. The Morgan fingerprint density at radius 1 is 1.16 bits per heavy atom. The number of amides is 3. The molecule has 1 N–H and O–H groups in total. The molecule has 4 rings (SSSR count). The quantitative estimate of drug-likeness (QED) is 0.537. The van der Waals surface area contributed by atoms with E-state index in [1.165, 1.54) is 11.9 Å². The molecule has 3 amide bonds. The maximum absolute atomic E-state index is 12.7. The molecular weight excluding hydrogens is 400 g/mol. The van der Waals surface area contributed by atoms with Gasteiger partial charge in [0.2, 0.25) is 11.9 Å². The monoisotopic (exact) mass is 427 g/mol. The lowest BCUT2D eigenvalue weighted by Crippen LogP contribution is -2.61. The number of urea groups is 1. The zero-order chi connectivity index (χ0) is 22.3. The number of likely N-dealkylation sites (N-methyl/N-ethyl adjacent to an activating group) is 2. The summed E-state index contributed by atoms with van der Waals surface area (Å²) in [5.41, 5.74) is 1.87. The van der Waals surface area contributed by atoms with Crippen molar-refractivity contribution in [1.29, 1.82) is 0 Å². The fourth-order valence-corrected chi connectivity index (χ4v) is 4.00. The molecule has 1 aromatic carbocycles. The van der Waals surface area contributed by atoms with Gasteiger partial charge in [0, 0.05) is 26.7 Å². The predicted molar refractivity (Wildman–Crippen MR) is 114 cm³/mol. The van der Waals surface area contributed by atoms with Crippen LogP contribution in [0.1, 0.15) is 18.2 Å². The zero-order valence-electron chi connectivity index (χ0n) is 18.4. The van der Waals surface area contributed by atoms with Crippen molar-refractivity contribution in [3.8, 4) is 11.5 Å². The number of carbonyl (C=O) groups excluding carboxylic acids is 2. The van der Waals surface area contributed by atoms with E-state index in [1.54, 1.807) is 21.3 Å². The number of nitrogens with zero attached hydrogens (tertiary/aromatic N) is 5. The molecule has 10 heteroatoms. The minimum Gasteiger partial charge on any atom is -0.497 e. The van der Waals surface area contributed by atoms with E-state index in [0.717, 1.165) is 34.2 Å². The molecule has 2 aromatic rings. The number of imidazole rings is 1. The van der Waals surface area contributed by atoms with Gasteiger partial charge in [-0.2, -0.15) is 0 Å². The summed E-state index contributed by atoms with van der Waals surface area (Å²) in [5.74, 6) is 2.39. The molecule has 2 aliphatic rings. The van der Waals surface area contributed by atoms with E-state index in [4.69, 9.17) is 9.47 Å². The van der Waals surface area contributed by atoms with Gasteiger partial charge in [0.1, 0.15) is 23.4 Å². The van der Waals surface area contributed by atoms with Crippen LogP contribution in [-0.4, -0.2) is 67.0 Å². The van der Waals surface area contributed by atoms with Gasteiger partial charge in [-0.3, -0.25) is 14.6 Å². The molecule has 0 saturated carbocycles. The largest absolute Gasteiger partial charge is 0.497 e. The fourth-order valence-electron chi connectivity index (χ4n) is 4.00. The number of hydrogen-bond donors (Lipinski definition) is 1. The van der Waals surface area contributed by atoms with Crippen molar-refractivity contribution < 1.29 is 23.6 Å². The van der Waals surface area contributed by atoms with Crippen LogP contribution in [-0.2, 0) is 11.3 Å². The summed E-state index contributed by atoms with van der Waals surface area (Å²) >= 11 is 0. The second kappa shape index (κ2) is 7.93. The number of fused-ring (bicyclic) bond motifs is 3. The standard InChI is InChI=1S/C21H27N6O4/c1-13-12-27-17-18(24(2)21(29)25(3)19(17)28)23-20(27)26(13)10-6-9-22-15-11-14(30-4)7-8-16(15)31-5/h7-8,11-12,17,22H,6,9-10H2,1-5H3/q+1. The number of methoxy groups -OCH3 is 2. The molecule has 0 bridgehead atoms. The van der Waals surface area contributed by atoms with Gasteiger partial charge >= 0.3 is 12.0 Å². The number of aromatic nitrogens is 2. The van der Waals surface area contributed by atoms with Crippen molar-refractivity contribution in [3.63, 3.8) is 0 Å². The van der Waals surface area contributed by atoms with Crippen molar-refractivity contribution in [2.24, 2.45) is 4.99 Å². The lowest BCUT2D eigenvalue weighted by molar-refractivity contribution is -0.677. The third-order valence-corrected chi connectivity index (χ3v) is 5.72. The molecule has 10 nitrogen and oxygen atoms in total. The van der Waals surface area contributed by atoms with Crippen molar-refractivity contribution in [1.82, 2.24) is 14.4 Å². The molecular formula is C21H27N6O4+. The Labute approximate surface area is 180 Å². The van der Waals surface area contributed by atoms with Crippen LogP contribution in [0.15, 0.2) is 29.4 Å². The lowest BCUT2D eigenvalue weighted by Gasteiger charge is -2.30. The second-order valence-electron chi connectivity index (χ2n) is 7.59. The third-order valence-electron chi connectivity index (χ3n) is 5.72. The summed E-state index contributed by atoms with van der Waals surface area (Å²) in [7, 11) is 6.41. The van der Waals surface area contributed by atoms with Crippen molar-refractivity contribution in [2.75, 3.05) is 40.2 Å². The van der Waals surface area contributed by atoms with Gasteiger partial charge in [0.25, 0.3) is 5.91 Å². The lowest BCUT2D eigenvalue weighted by atomic mass is 10.2. The Bertz CT molecular complexity index is 1080. The molecule has 0 spiro atoms. The second-order valence-corrected chi connectivity index (χ2v) is 7.59. The molecule has 164 valence electrons.